The summed E-state index contributed by atoms with van der Waals surface area (Å²) in [5.74, 6) is 1.26. The van der Waals surface area contributed by atoms with Gasteiger partial charge in [-0.25, -0.2) is 4.98 Å². The van der Waals surface area contributed by atoms with Gasteiger partial charge in [-0.2, -0.15) is 0 Å². The van der Waals surface area contributed by atoms with E-state index in [1.807, 2.05) is 45.0 Å². The van der Waals surface area contributed by atoms with Gasteiger partial charge in [-0.3, -0.25) is 4.79 Å². The number of aryl methyl sites for hydroxylation is 4. The molecule has 0 fully saturated rings. The summed E-state index contributed by atoms with van der Waals surface area (Å²) in [6, 6.07) is 9.35. The van der Waals surface area contributed by atoms with E-state index in [9.17, 15) is 4.79 Å². The molecule has 0 radical (unpaired) electrons. The van der Waals surface area contributed by atoms with E-state index in [-0.39, 0.29) is 5.91 Å². The lowest BCUT2D eigenvalue weighted by molar-refractivity contribution is 0.102. The van der Waals surface area contributed by atoms with E-state index >= 15 is 0 Å². The van der Waals surface area contributed by atoms with Crippen molar-refractivity contribution in [3.8, 4) is 11.3 Å². The van der Waals surface area contributed by atoms with Crippen molar-refractivity contribution in [1.29, 1.82) is 0 Å². The number of pyridine rings is 1. The Morgan fingerprint density at radius 3 is 2.57 bits per heavy atom. The van der Waals surface area contributed by atoms with Crippen molar-refractivity contribution in [2.24, 2.45) is 0 Å². The number of carbonyl (C=O) groups excluding carboxylic acids is 1. The lowest BCUT2D eigenvalue weighted by Crippen LogP contribution is -2.14. The van der Waals surface area contributed by atoms with E-state index < -0.39 is 0 Å². The standard InChI is InChI=1S/C21H18BrN3O3/c1-10-7-14(22)5-6-17(10)23-20(26)16-9-18(15-8-11(2)27-13(15)4)24-21-19(16)12(3)25-28-21/h5-9H,1-4H3,(H,23,26). The van der Waals surface area contributed by atoms with Gasteiger partial charge in [-0.05, 0) is 63.6 Å². The van der Waals surface area contributed by atoms with Gasteiger partial charge in [-0.15, -0.1) is 0 Å². The summed E-state index contributed by atoms with van der Waals surface area (Å²) >= 11 is 3.44. The summed E-state index contributed by atoms with van der Waals surface area (Å²) in [6.45, 7) is 7.47. The molecule has 0 aliphatic carbocycles. The first-order valence-electron chi connectivity index (χ1n) is 8.75. The zero-order valence-corrected chi connectivity index (χ0v) is 17.5. The number of nitrogens with zero attached hydrogens (tertiary/aromatic N) is 2. The fourth-order valence-electron chi connectivity index (χ4n) is 3.25. The molecular weight excluding hydrogens is 422 g/mol. The molecule has 0 aliphatic rings. The van der Waals surface area contributed by atoms with Gasteiger partial charge in [0.1, 0.15) is 11.5 Å². The second-order valence-electron chi connectivity index (χ2n) is 6.74. The maximum Gasteiger partial charge on any atom is 0.259 e. The highest BCUT2D eigenvalue weighted by molar-refractivity contribution is 9.10. The number of carbonyl (C=O) groups is 1. The first-order valence-corrected chi connectivity index (χ1v) is 9.54. The van der Waals surface area contributed by atoms with Crippen molar-refractivity contribution in [2.75, 3.05) is 5.32 Å². The summed E-state index contributed by atoms with van der Waals surface area (Å²) in [5, 5.41) is 7.58. The number of anilines is 1. The van der Waals surface area contributed by atoms with Gasteiger partial charge >= 0.3 is 0 Å². The Bertz CT molecular complexity index is 1220. The molecular formula is C21H18BrN3O3. The average molecular weight is 440 g/mol. The summed E-state index contributed by atoms with van der Waals surface area (Å²) in [5.41, 5.74) is 4.52. The Kier molecular flexibility index (Phi) is 4.55. The number of benzene rings is 1. The minimum atomic E-state index is -0.247. The minimum absolute atomic E-state index is 0.247. The highest BCUT2D eigenvalue weighted by Crippen LogP contribution is 2.31. The zero-order chi connectivity index (χ0) is 20.0. The molecule has 3 aromatic heterocycles. The van der Waals surface area contributed by atoms with Crippen LogP contribution in [0.3, 0.4) is 0 Å². The van der Waals surface area contributed by atoms with Crippen molar-refractivity contribution < 1.29 is 13.7 Å². The molecule has 0 spiro atoms. The monoisotopic (exact) mass is 439 g/mol. The highest BCUT2D eigenvalue weighted by atomic mass is 79.9. The van der Waals surface area contributed by atoms with Gasteiger partial charge < -0.3 is 14.3 Å². The predicted octanol–water partition coefficient (Wildman–Crippen LogP) is 5.73. The van der Waals surface area contributed by atoms with Crippen LogP contribution in [0.15, 0.2) is 43.7 Å². The molecule has 3 heterocycles. The maximum absolute atomic E-state index is 13.1. The lowest BCUT2D eigenvalue weighted by atomic mass is 10.0. The Balaban J connectivity index is 1.83. The van der Waals surface area contributed by atoms with E-state index in [0.717, 1.165) is 32.8 Å². The molecule has 4 aromatic rings. The van der Waals surface area contributed by atoms with Crippen molar-refractivity contribution >= 4 is 38.6 Å². The molecule has 0 saturated heterocycles. The van der Waals surface area contributed by atoms with Gasteiger partial charge in [0.05, 0.1) is 22.3 Å². The zero-order valence-electron chi connectivity index (χ0n) is 15.9. The fourth-order valence-corrected chi connectivity index (χ4v) is 3.73. The van der Waals surface area contributed by atoms with Crippen LogP contribution in [0.5, 0.6) is 0 Å². The first kappa shape index (κ1) is 18.4. The molecule has 0 bridgehead atoms. The molecule has 1 amide bonds. The maximum atomic E-state index is 13.1. The molecule has 0 atom stereocenters. The predicted molar refractivity (Wildman–Crippen MR) is 111 cm³/mol. The number of amides is 1. The summed E-state index contributed by atoms with van der Waals surface area (Å²) in [7, 11) is 0. The Morgan fingerprint density at radius 1 is 1.11 bits per heavy atom. The molecule has 6 nitrogen and oxygen atoms in total. The Hall–Kier alpha value is -2.93. The molecule has 1 N–H and O–H groups in total. The second-order valence-corrected chi connectivity index (χ2v) is 7.66. The quantitative estimate of drug-likeness (QED) is 0.440. The number of hydrogen-bond acceptors (Lipinski definition) is 5. The van der Waals surface area contributed by atoms with E-state index in [4.69, 9.17) is 8.94 Å². The summed E-state index contributed by atoms with van der Waals surface area (Å²) in [6.07, 6.45) is 0. The Labute approximate surface area is 170 Å². The number of rotatable bonds is 3. The first-order chi connectivity index (χ1) is 13.3. The van der Waals surface area contributed by atoms with Crippen LogP contribution in [0.25, 0.3) is 22.4 Å². The third-order valence-corrected chi connectivity index (χ3v) is 5.11. The van der Waals surface area contributed by atoms with Gasteiger partial charge in [-0.1, -0.05) is 21.1 Å². The van der Waals surface area contributed by atoms with Crippen molar-refractivity contribution in [3.63, 3.8) is 0 Å². The third-order valence-electron chi connectivity index (χ3n) is 4.62. The Morgan fingerprint density at radius 2 is 1.89 bits per heavy atom. The van der Waals surface area contributed by atoms with Crippen LogP contribution in [0, 0.1) is 27.7 Å². The van der Waals surface area contributed by atoms with Crippen LogP contribution in [0.1, 0.15) is 33.1 Å². The molecule has 0 unspecified atom stereocenters. The van der Waals surface area contributed by atoms with Crippen LogP contribution in [0.4, 0.5) is 5.69 Å². The molecule has 28 heavy (non-hydrogen) atoms. The van der Waals surface area contributed by atoms with Gasteiger partial charge in [0.2, 0.25) is 0 Å². The topological polar surface area (TPSA) is 81.2 Å². The summed E-state index contributed by atoms with van der Waals surface area (Å²) < 4.78 is 11.9. The largest absolute Gasteiger partial charge is 0.466 e. The number of fused-ring (bicyclic) bond motifs is 1. The van der Waals surface area contributed by atoms with Crippen molar-refractivity contribution in [3.05, 3.63) is 63.1 Å². The molecule has 0 aliphatic heterocycles. The van der Waals surface area contributed by atoms with E-state index in [2.05, 4.69) is 31.4 Å². The van der Waals surface area contributed by atoms with Crippen LogP contribution < -0.4 is 5.32 Å². The van der Waals surface area contributed by atoms with Gasteiger partial charge in [0, 0.05) is 15.7 Å². The lowest BCUT2D eigenvalue weighted by Gasteiger charge is -2.10. The summed E-state index contributed by atoms with van der Waals surface area (Å²) in [4.78, 5) is 17.7. The minimum Gasteiger partial charge on any atom is -0.466 e. The second kappa shape index (κ2) is 6.91. The highest BCUT2D eigenvalue weighted by Gasteiger charge is 2.21. The van der Waals surface area contributed by atoms with Crippen LogP contribution in [-0.2, 0) is 0 Å². The van der Waals surface area contributed by atoms with E-state index in [1.165, 1.54) is 0 Å². The average Bonchev–Trinajstić information content (AvgIpc) is 3.18. The van der Waals surface area contributed by atoms with Gasteiger partial charge in [0.25, 0.3) is 11.6 Å². The van der Waals surface area contributed by atoms with Gasteiger partial charge in [0.15, 0.2) is 0 Å². The van der Waals surface area contributed by atoms with Crippen LogP contribution in [0.2, 0.25) is 0 Å². The number of aromatic nitrogens is 2. The van der Waals surface area contributed by atoms with E-state index in [1.54, 1.807) is 13.0 Å². The van der Waals surface area contributed by atoms with E-state index in [0.29, 0.717) is 28.1 Å². The number of halogens is 1. The fraction of sp³-hybridized carbons (Fsp3) is 0.190. The molecule has 1 aromatic carbocycles. The molecule has 142 valence electrons. The molecule has 7 heteroatoms. The third kappa shape index (κ3) is 3.22. The SMILES string of the molecule is Cc1cc(-c2cc(C(=O)Nc3ccc(Br)cc3C)c3c(C)noc3n2)c(C)o1. The number of hydrogen-bond donors (Lipinski definition) is 1. The van der Waals surface area contributed by atoms with Crippen molar-refractivity contribution in [1.82, 2.24) is 10.1 Å². The van der Waals surface area contributed by atoms with Crippen LogP contribution in [-0.4, -0.2) is 16.0 Å². The number of nitrogens with one attached hydrogen (secondary N) is 1. The molecule has 0 saturated carbocycles. The normalized spacial score (nSPS) is 11.2. The number of furan rings is 1. The van der Waals surface area contributed by atoms with Crippen LogP contribution >= 0.6 is 15.9 Å². The molecule has 4 rings (SSSR count). The van der Waals surface area contributed by atoms with Crippen molar-refractivity contribution in [2.45, 2.75) is 27.7 Å². The smallest absolute Gasteiger partial charge is 0.259 e.